The molecule has 0 saturated carbocycles. The van der Waals surface area contributed by atoms with Gasteiger partial charge in [-0.2, -0.15) is 5.10 Å². The molecule has 0 radical (unpaired) electrons. The van der Waals surface area contributed by atoms with E-state index in [1.165, 1.54) is 0 Å². The second kappa shape index (κ2) is 3.66. The number of hydrogen-bond acceptors (Lipinski definition) is 2. The molecule has 0 amide bonds. The molecule has 0 fully saturated rings. The van der Waals surface area contributed by atoms with Crippen molar-refractivity contribution in [3.8, 4) is 0 Å². The lowest BCUT2D eigenvalue weighted by atomic mass is 10.1. The third-order valence-electron chi connectivity index (χ3n) is 2.51. The SMILES string of the molecule is CCc1c(C(=O)Cl)c(C)nn2cccc12. The van der Waals surface area contributed by atoms with E-state index in [0.29, 0.717) is 11.3 Å². The van der Waals surface area contributed by atoms with Crippen LogP contribution in [-0.2, 0) is 6.42 Å². The molecule has 2 aromatic rings. The van der Waals surface area contributed by atoms with Crippen LogP contribution in [0.25, 0.3) is 5.52 Å². The third kappa shape index (κ3) is 1.53. The Labute approximate surface area is 92.7 Å². The predicted octanol–water partition coefficient (Wildman–Crippen LogP) is 2.58. The molecule has 0 aliphatic carbocycles. The van der Waals surface area contributed by atoms with Crippen LogP contribution in [0.4, 0.5) is 0 Å². The van der Waals surface area contributed by atoms with Gasteiger partial charge in [0.2, 0.25) is 0 Å². The van der Waals surface area contributed by atoms with Crippen molar-refractivity contribution in [3.05, 3.63) is 35.2 Å². The average molecular weight is 223 g/mol. The van der Waals surface area contributed by atoms with Gasteiger partial charge in [-0.15, -0.1) is 0 Å². The lowest BCUT2D eigenvalue weighted by Gasteiger charge is -2.09. The molecule has 0 spiro atoms. The summed E-state index contributed by atoms with van der Waals surface area (Å²) < 4.78 is 1.78. The Morgan fingerprint density at radius 3 is 2.93 bits per heavy atom. The number of aromatic nitrogens is 2. The summed E-state index contributed by atoms with van der Waals surface area (Å²) in [4.78, 5) is 11.3. The molecule has 0 aliphatic rings. The maximum absolute atomic E-state index is 11.3. The standard InChI is InChI=1S/C11H11ClN2O/c1-3-8-9-5-4-6-14(9)13-7(2)10(8)11(12)15/h4-6H,3H2,1-2H3. The van der Waals surface area contributed by atoms with Crippen LogP contribution in [0.3, 0.4) is 0 Å². The van der Waals surface area contributed by atoms with Crippen molar-refractivity contribution in [1.29, 1.82) is 0 Å². The number of nitrogens with zero attached hydrogens (tertiary/aromatic N) is 2. The molecule has 15 heavy (non-hydrogen) atoms. The highest BCUT2D eigenvalue weighted by molar-refractivity contribution is 6.68. The summed E-state index contributed by atoms with van der Waals surface area (Å²) in [7, 11) is 0. The van der Waals surface area contributed by atoms with Gasteiger partial charge >= 0.3 is 0 Å². The largest absolute Gasteiger partial charge is 0.276 e. The van der Waals surface area contributed by atoms with Crippen LogP contribution in [-0.4, -0.2) is 14.9 Å². The molecule has 2 rings (SSSR count). The molecule has 0 saturated heterocycles. The van der Waals surface area contributed by atoms with Gasteiger partial charge in [-0.3, -0.25) is 4.79 Å². The second-order valence-corrected chi connectivity index (χ2v) is 3.75. The lowest BCUT2D eigenvalue weighted by Crippen LogP contribution is -2.07. The van der Waals surface area contributed by atoms with Crippen molar-refractivity contribution < 1.29 is 4.79 Å². The van der Waals surface area contributed by atoms with Gasteiger partial charge in [0.25, 0.3) is 5.24 Å². The summed E-state index contributed by atoms with van der Waals surface area (Å²) in [5.41, 5.74) is 3.14. The number of carbonyl (C=O) groups is 1. The molecule has 0 unspecified atom stereocenters. The zero-order chi connectivity index (χ0) is 11.0. The maximum atomic E-state index is 11.3. The van der Waals surface area contributed by atoms with Crippen molar-refractivity contribution in [2.24, 2.45) is 0 Å². The topological polar surface area (TPSA) is 34.4 Å². The highest BCUT2D eigenvalue weighted by atomic mass is 35.5. The summed E-state index contributed by atoms with van der Waals surface area (Å²) in [6, 6.07) is 3.85. The minimum absolute atomic E-state index is 0.430. The Kier molecular flexibility index (Phi) is 2.49. The minimum Gasteiger partial charge on any atom is -0.276 e. The van der Waals surface area contributed by atoms with E-state index in [0.717, 1.165) is 17.5 Å². The van der Waals surface area contributed by atoms with Crippen molar-refractivity contribution in [1.82, 2.24) is 9.61 Å². The molecular formula is C11H11ClN2O. The predicted molar refractivity (Wildman–Crippen MR) is 59.5 cm³/mol. The molecular weight excluding hydrogens is 212 g/mol. The number of fused-ring (bicyclic) bond motifs is 1. The monoisotopic (exact) mass is 222 g/mol. The zero-order valence-corrected chi connectivity index (χ0v) is 9.38. The molecule has 0 N–H and O–H groups in total. The van der Waals surface area contributed by atoms with Gasteiger partial charge in [0, 0.05) is 6.20 Å². The fourth-order valence-electron chi connectivity index (χ4n) is 1.88. The smallest absolute Gasteiger partial charge is 0.254 e. The summed E-state index contributed by atoms with van der Waals surface area (Å²) in [5, 5.41) is 3.85. The van der Waals surface area contributed by atoms with Gasteiger partial charge in [0.1, 0.15) is 0 Å². The fraction of sp³-hybridized carbons (Fsp3) is 0.273. The Hall–Kier alpha value is -1.35. The van der Waals surface area contributed by atoms with Crippen LogP contribution in [0.5, 0.6) is 0 Å². The third-order valence-corrected chi connectivity index (χ3v) is 2.70. The molecule has 4 heteroatoms. The van der Waals surface area contributed by atoms with Gasteiger partial charge in [-0.1, -0.05) is 6.92 Å². The van der Waals surface area contributed by atoms with E-state index in [-0.39, 0.29) is 0 Å². The van der Waals surface area contributed by atoms with Crippen LogP contribution in [0.2, 0.25) is 0 Å². The van der Waals surface area contributed by atoms with E-state index in [1.807, 2.05) is 25.3 Å². The van der Waals surface area contributed by atoms with Crippen molar-refractivity contribution in [3.63, 3.8) is 0 Å². The molecule has 0 aromatic carbocycles. The first-order valence-corrected chi connectivity index (χ1v) is 5.19. The number of carbonyl (C=O) groups excluding carboxylic acids is 1. The summed E-state index contributed by atoms with van der Waals surface area (Å²) in [6.07, 6.45) is 2.63. The first kappa shape index (κ1) is 10.2. The first-order valence-electron chi connectivity index (χ1n) is 4.81. The summed E-state index contributed by atoms with van der Waals surface area (Å²) in [5.74, 6) is 0. The molecule has 2 heterocycles. The zero-order valence-electron chi connectivity index (χ0n) is 8.62. The number of hydrogen-bond donors (Lipinski definition) is 0. The van der Waals surface area contributed by atoms with Gasteiger partial charge in [0.15, 0.2) is 0 Å². The van der Waals surface area contributed by atoms with E-state index < -0.39 is 5.24 Å². The highest BCUT2D eigenvalue weighted by Gasteiger charge is 2.15. The van der Waals surface area contributed by atoms with Crippen molar-refractivity contribution in [2.75, 3.05) is 0 Å². The van der Waals surface area contributed by atoms with E-state index >= 15 is 0 Å². The van der Waals surface area contributed by atoms with Crippen LogP contribution in [0.15, 0.2) is 18.3 Å². The van der Waals surface area contributed by atoms with Crippen LogP contribution in [0.1, 0.15) is 28.5 Å². The van der Waals surface area contributed by atoms with E-state index in [1.54, 1.807) is 11.4 Å². The maximum Gasteiger partial charge on any atom is 0.254 e. The van der Waals surface area contributed by atoms with E-state index in [9.17, 15) is 4.79 Å². The molecule has 2 aromatic heterocycles. The van der Waals surface area contributed by atoms with Gasteiger partial charge in [-0.25, -0.2) is 4.52 Å². The van der Waals surface area contributed by atoms with Crippen molar-refractivity contribution >= 4 is 22.4 Å². The van der Waals surface area contributed by atoms with Crippen molar-refractivity contribution in [2.45, 2.75) is 20.3 Å². The molecule has 3 nitrogen and oxygen atoms in total. The molecule has 0 aliphatic heterocycles. The lowest BCUT2D eigenvalue weighted by molar-refractivity contribution is 0.107. The van der Waals surface area contributed by atoms with E-state index in [4.69, 9.17) is 11.6 Å². The second-order valence-electron chi connectivity index (χ2n) is 3.40. The average Bonchev–Trinajstić information content (AvgIpc) is 2.62. The Balaban J connectivity index is 2.88. The van der Waals surface area contributed by atoms with Crippen LogP contribution >= 0.6 is 11.6 Å². The molecule has 78 valence electrons. The summed E-state index contributed by atoms with van der Waals surface area (Å²) in [6.45, 7) is 3.80. The number of halogens is 1. The summed E-state index contributed by atoms with van der Waals surface area (Å²) >= 11 is 5.57. The van der Waals surface area contributed by atoms with Crippen LogP contribution < -0.4 is 0 Å². The van der Waals surface area contributed by atoms with Gasteiger partial charge in [0.05, 0.1) is 16.8 Å². The molecule has 0 bridgehead atoms. The number of aryl methyl sites for hydroxylation is 2. The fourth-order valence-corrected chi connectivity index (χ4v) is 2.13. The van der Waals surface area contributed by atoms with Crippen LogP contribution in [0, 0.1) is 6.92 Å². The molecule has 0 atom stereocenters. The first-order chi connectivity index (χ1) is 7.15. The number of rotatable bonds is 2. The Morgan fingerprint density at radius 1 is 1.60 bits per heavy atom. The van der Waals surface area contributed by atoms with Gasteiger partial charge < -0.3 is 0 Å². The Morgan fingerprint density at radius 2 is 2.33 bits per heavy atom. The quantitative estimate of drug-likeness (QED) is 0.732. The van der Waals surface area contributed by atoms with Gasteiger partial charge in [-0.05, 0) is 42.6 Å². The highest BCUT2D eigenvalue weighted by Crippen LogP contribution is 2.21. The normalized spacial score (nSPS) is 10.9. The van der Waals surface area contributed by atoms with E-state index in [2.05, 4.69) is 5.10 Å². The Bertz CT molecular complexity index is 531. The minimum atomic E-state index is -0.430.